The van der Waals surface area contributed by atoms with E-state index in [1.807, 2.05) is 0 Å². The van der Waals surface area contributed by atoms with Gasteiger partial charge in [0.1, 0.15) is 0 Å². The third-order valence-corrected chi connectivity index (χ3v) is 1.46. The quantitative estimate of drug-likeness (QED) is 0.391. The molecule has 15 heavy (non-hydrogen) atoms. The molecule has 0 saturated heterocycles. The van der Waals surface area contributed by atoms with Gasteiger partial charge >= 0.3 is 12.1 Å². The molecule has 0 radical (unpaired) electrons. The average molecular weight is 221 g/mol. The maximum Gasteiger partial charge on any atom is 0.407 e. The molecule has 7 nitrogen and oxygen atoms in total. The fourth-order valence-electron chi connectivity index (χ4n) is 0.833. The molecule has 1 atom stereocenters. The van der Waals surface area contributed by atoms with Gasteiger partial charge in [-0.3, -0.25) is 4.79 Å². The second-order valence-corrected chi connectivity index (χ2v) is 2.59. The van der Waals surface area contributed by atoms with Crippen LogP contribution in [0.5, 0.6) is 0 Å². The van der Waals surface area contributed by atoms with E-state index in [0.29, 0.717) is 0 Å². The van der Waals surface area contributed by atoms with Crippen molar-refractivity contribution in [3.05, 3.63) is 0 Å². The number of ether oxygens (including phenoxy) is 2. The van der Waals surface area contributed by atoms with Crippen molar-refractivity contribution >= 4 is 12.1 Å². The van der Waals surface area contributed by atoms with Gasteiger partial charge in [-0.15, -0.1) is 0 Å². The Bertz CT molecular complexity index is 187. The normalized spacial score (nSPS) is 11.7. The number of carbonyl (C=O) groups is 2. The van der Waals surface area contributed by atoms with Crippen LogP contribution in [-0.2, 0) is 14.3 Å². The fraction of sp³-hybridized carbons (Fsp3) is 0.750. The van der Waals surface area contributed by atoms with Crippen LogP contribution in [0, 0.1) is 0 Å². The average Bonchev–Trinajstić information content (AvgIpc) is 2.17. The van der Waals surface area contributed by atoms with Crippen LogP contribution in [0.1, 0.15) is 13.3 Å². The van der Waals surface area contributed by atoms with Crippen molar-refractivity contribution in [2.24, 2.45) is 0 Å². The number of hydrogen-bond acceptors (Lipinski definition) is 6. The smallest absolute Gasteiger partial charge is 0.407 e. The van der Waals surface area contributed by atoms with Gasteiger partial charge in [-0.1, -0.05) is 0 Å². The SMILES string of the molecule is CCOC(=O)NC(CO)CC(=O)OCO. The highest BCUT2D eigenvalue weighted by atomic mass is 16.6. The summed E-state index contributed by atoms with van der Waals surface area (Å²) < 4.78 is 8.78. The summed E-state index contributed by atoms with van der Waals surface area (Å²) in [7, 11) is 0. The summed E-state index contributed by atoms with van der Waals surface area (Å²) in [5, 5.41) is 19.4. The maximum atomic E-state index is 10.9. The molecule has 0 aliphatic carbocycles. The molecule has 1 unspecified atom stereocenters. The standard InChI is InChI=1S/C8H15NO6/c1-2-14-8(13)9-6(4-10)3-7(12)15-5-11/h6,10-11H,2-5H2,1H3,(H,9,13). The van der Waals surface area contributed by atoms with Crippen LogP contribution in [-0.4, -0.2) is 48.3 Å². The number of carbonyl (C=O) groups excluding carboxylic acids is 2. The molecule has 0 aromatic heterocycles. The Balaban J connectivity index is 3.91. The Hall–Kier alpha value is -1.34. The van der Waals surface area contributed by atoms with Gasteiger partial charge in [0.15, 0.2) is 6.79 Å². The fourth-order valence-corrected chi connectivity index (χ4v) is 0.833. The number of esters is 1. The number of nitrogens with one attached hydrogen (secondary N) is 1. The third kappa shape index (κ3) is 6.69. The van der Waals surface area contributed by atoms with Gasteiger partial charge in [-0.05, 0) is 6.92 Å². The second-order valence-electron chi connectivity index (χ2n) is 2.59. The summed E-state index contributed by atoms with van der Waals surface area (Å²) in [6.07, 6.45) is -0.941. The highest BCUT2D eigenvalue weighted by Crippen LogP contribution is 1.95. The number of hydrogen-bond donors (Lipinski definition) is 3. The molecule has 0 aliphatic rings. The number of aliphatic hydroxyl groups excluding tert-OH is 2. The van der Waals surface area contributed by atoms with Crippen molar-refractivity contribution in [2.45, 2.75) is 19.4 Å². The van der Waals surface area contributed by atoms with Gasteiger partial charge in [0, 0.05) is 0 Å². The molecule has 0 rings (SSSR count). The van der Waals surface area contributed by atoms with E-state index in [1.165, 1.54) is 0 Å². The number of alkyl carbamates (subject to hydrolysis) is 1. The predicted octanol–water partition coefficient (Wildman–Crippen LogP) is -1.02. The van der Waals surface area contributed by atoms with E-state index < -0.39 is 31.5 Å². The lowest BCUT2D eigenvalue weighted by Crippen LogP contribution is -2.39. The van der Waals surface area contributed by atoms with Crippen LogP contribution in [0.25, 0.3) is 0 Å². The molecule has 3 N–H and O–H groups in total. The molecule has 0 spiro atoms. The molecular formula is C8H15NO6. The Morgan fingerprint density at radius 2 is 2.00 bits per heavy atom. The monoisotopic (exact) mass is 221 g/mol. The van der Waals surface area contributed by atoms with Gasteiger partial charge in [0.05, 0.1) is 25.7 Å². The van der Waals surface area contributed by atoms with Crippen LogP contribution in [0.4, 0.5) is 4.79 Å². The lowest BCUT2D eigenvalue weighted by Gasteiger charge is -2.14. The summed E-state index contributed by atoms with van der Waals surface area (Å²) in [6, 6.07) is -0.775. The first-order valence-electron chi connectivity index (χ1n) is 4.44. The van der Waals surface area contributed by atoms with Gasteiger partial charge in [-0.25, -0.2) is 4.79 Å². The van der Waals surface area contributed by atoms with E-state index >= 15 is 0 Å². The van der Waals surface area contributed by atoms with Crippen molar-refractivity contribution in [2.75, 3.05) is 20.0 Å². The highest BCUT2D eigenvalue weighted by molar-refractivity contribution is 5.72. The largest absolute Gasteiger partial charge is 0.450 e. The van der Waals surface area contributed by atoms with Crippen LogP contribution >= 0.6 is 0 Å². The lowest BCUT2D eigenvalue weighted by atomic mass is 10.2. The molecule has 0 bridgehead atoms. The minimum Gasteiger partial charge on any atom is -0.450 e. The lowest BCUT2D eigenvalue weighted by molar-refractivity contribution is -0.152. The van der Waals surface area contributed by atoms with Crippen molar-refractivity contribution in [1.29, 1.82) is 0 Å². The third-order valence-electron chi connectivity index (χ3n) is 1.46. The van der Waals surface area contributed by atoms with E-state index in [-0.39, 0.29) is 13.0 Å². The molecule has 0 saturated carbocycles. The topological polar surface area (TPSA) is 105 Å². The number of rotatable bonds is 6. The predicted molar refractivity (Wildman–Crippen MR) is 48.8 cm³/mol. The summed E-state index contributed by atoms with van der Waals surface area (Å²) in [4.78, 5) is 21.8. The maximum absolute atomic E-state index is 10.9. The highest BCUT2D eigenvalue weighted by Gasteiger charge is 2.16. The van der Waals surface area contributed by atoms with Gasteiger partial charge in [0.25, 0.3) is 0 Å². The van der Waals surface area contributed by atoms with E-state index in [0.717, 1.165) is 0 Å². The van der Waals surface area contributed by atoms with Crippen molar-refractivity contribution in [1.82, 2.24) is 5.32 Å². The molecular weight excluding hydrogens is 206 g/mol. The Morgan fingerprint density at radius 3 is 2.47 bits per heavy atom. The van der Waals surface area contributed by atoms with Gasteiger partial charge < -0.3 is 25.0 Å². The summed E-state index contributed by atoms with van der Waals surface area (Å²) >= 11 is 0. The van der Waals surface area contributed by atoms with Gasteiger partial charge in [0.2, 0.25) is 0 Å². The zero-order valence-electron chi connectivity index (χ0n) is 8.43. The zero-order valence-corrected chi connectivity index (χ0v) is 8.43. The zero-order chi connectivity index (χ0) is 11.7. The van der Waals surface area contributed by atoms with Crippen LogP contribution in [0.15, 0.2) is 0 Å². The van der Waals surface area contributed by atoms with Gasteiger partial charge in [-0.2, -0.15) is 0 Å². The first-order chi connectivity index (χ1) is 7.13. The molecule has 0 fully saturated rings. The van der Waals surface area contributed by atoms with Crippen LogP contribution < -0.4 is 5.32 Å². The van der Waals surface area contributed by atoms with E-state index in [4.69, 9.17) is 10.2 Å². The minimum absolute atomic E-state index is 0.199. The molecule has 0 aliphatic heterocycles. The van der Waals surface area contributed by atoms with E-state index in [2.05, 4.69) is 14.8 Å². The Morgan fingerprint density at radius 1 is 1.33 bits per heavy atom. The number of aliphatic hydroxyl groups is 2. The van der Waals surface area contributed by atoms with Crippen molar-refractivity contribution in [3.8, 4) is 0 Å². The number of amides is 1. The summed E-state index contributed by atoms with van der Waals surface area (Å²) in [6.45, 7) is 0.689. The Labute approximate surface area is 87.0 Å². The summed E-state index contributed by atoms with van der Waals surface area (Å²) in [5.41, 5.74) is 0. The molecule has 0 aromatic carbocycles. The van der Waals surface area contributed by atoms with Crippen LogP contribution in [0.3, 0.4) is 0 Å². The molecule has 0 heterocycles. The molecule has 1 amide bonds. The minimum atomic E-state index is -0.775. The Kier molecular flexibility index (Phi) is 7.29. The van der Waals surface area contributed by atoms with E-state index in [9.17, 15) is 9.59 Å². The van der Waals surface area contributed by atoms with Crippen LogP contribution in [0.2, 0.25) is 0 Å². The molecule has 7 heteroatoms. The molecule has 88 valence electrons. The van der Waals surface area contributed by atoms with Crippen molar-refractivity contribution < 1.29 is 29.3 Å². The first kappa shape index (κ1) is 13.7. The molecule has 0 aromatic rings. The van der Waals surface area contributed by atoms with Crippen molar-refractivity contribution in [3.63, 3.8) is 0 Å². The first-order valence-corrected chi connectivity index (χ1v) is 4.44. The summed E-state index contributed by atoms with van der Waals surface area (Å²) in [5.74, 6) is -0.714. The second kappa shape index (κ2) is 8.01. The van der Waals surface area contributed by atoms with E-state index in [1.54, 1.807) is 6.92 Å².